The van der Waals surface area contributed by atoms with E-state index in [1.54, 1.807) is 6.92 Å². The Labute approximate surface area is 259 Å². The van der Waals surface area contributed by atoms with E-state index in [1.165, 1.54) is 33.8 Å². The molecule has 0 radical (unpaired) electrons. The molecule has 1 N–H and O–H groups in total. The summed E-state index contributed by atoms with van der Waals surface area (Å²) in [6.07, 6.45) is 0.480. The number of nitrogens with zero attached hydrogens (tertiary/aromatic N) is 3. The summed E-state index contributed by atoms with van der Waals surface area (Å²) in [5.41, 5.74) is 2.98. The molecule has 0 bridgehead atoms. The van der Waals surface area contributed by atoms with Crippen LogP contribution < -0.4 is 9.21 Å². The number of para-hydroxylation sites is 2. The van der Waals surface area contributed by atoms with Crippen molar-refractivity contribution in [3.05, 3.63) is 112 Å². The Bertz CT molecular complexity index is 1910. The summed E-state index contributed by atoms with van der Waals surface area (Å²) in [6.45, 7) is 3.94. The van der Waals surface area contributed by atoms with Crippen molar-refractivity contribution in [2.24, 2.45) is 0 Å². The number of amides is 1. The van der Waals surface area contributed by atoms with Gasteiger partial charge in [0.15, 0.2) is 0 Å². The minimum absolute atomic E-state index is 0.0102. The number of hydrogen-bond donors (Lipinski definition) is 1. The van der Waals surface area contributed by atoms with Crippen LogP contribution in [0.5, 0.6) is 0 Å². The van der Waals surface area contributed by atoms with E-state index in [2.05, 4.69) is 4.90 Å². The first-order valence-corrected chi connectivity index (χ1v) is 16.6. The molecule has 3 aromatic carbocycles. The number of carboxylic acids is 1. The number of benzene rings is 3. The fourth-order valence-electron chi connectivity index (χ4n) is 5.59. The number of thiophene rings is 1. The first kappa shape index (κ1) is 29.5. The first-order valence-electron chi connectivity index (χ1n) is 14.2. The molecular formula is C33H31N3O6S2. The monoisotopic (exact) mass is 629 g/mol. The Morgan fingerprint density at radius 2 is 1.66 bits per heavy atom. The van der Waals surface area contributed by atoms with Gasteiger partial charge in [0.2, 0.25) is 5.76 Å². The van der Waals surface area contributed by atoms with Gasteiger partial charge in [-0.1, -0.05) is 48.5 Å². The summed E-state index contributed by atoms with van der Waals surface area (Å²) in [4.78, 5) is 29.3. The summed E-state index contributed by atoms with van der Waals surface area (Å²) >= 11 is 1.42. The van der Waals surface area contributed by atoms with Gasteiger partial charge in [-0.2, -0.15) is 0 Å². The van der Waals surface area contributed by atoms with Crippen LogP contribution in [0.25, 0.3) is 11.0 Å². The molecule has 0 saturated carbocycles. The number of anilines is 2. The van der Waals surface area contributed by atoms with E-state index in [1.807, 2.05) is 77.0 Å². The average Bonchev–Trinajstić information content (AvgIpc) is 3.70. The van der Waals surface area contributed by atoms with Gasteiger partial charge in [0.1, 0.15) is 5.58 Å². The van der Waals surface area contributed by atoms with Crippen molar-refractivity contribution in [2.75, 3.05) is 41.9 Å². The zero-order valence-corrected chi connectivity index (χ0v) is 25.7. The number of carbonyl (C=O) groups excluding carboxylic acids is 1. The Hall–Kier alpha value is -4.61. The van der Waals surface area contributed by atoms with Gasteiger partial charge in [0, 0.05) is 43.7 Å². The third-order valence-corrected chi connectivity index (χ3v) is 10.6. The van der Waals surface area contributed by atoms with E-state index in [0.717, 1.165) is 11.3 Å². The molecular weight excluding hydrogens is 599 g/mol. The van der Waals surface area contributed by atoms with E-state index < -0.39 is 16.0 Å². The van der Waals surface area contributed by atoms with Crippen molar-refractivity contribution in [2.45, 2.75) is 18.2 Å². The fourth-order valence-corrected chi connectivity index (χ4v) is 7.78. The molecule has 1 fully saturated rings. The summed E-state index contributed by atoms with van der Waals surface area (Å²) < 4.78 is 35.9. The van der Waals surface area contributed by atoms with E-state index in [4.69, 9.17) is 4.42 Å². The molecule has 3 heterocycles. The third kappa shape index (κ3) is 5.68. The molecule has 226 valence electrons. The molecule has 0 unspecified atom stereocenters. The molecule has 5 aromatic rings. The maximum Gasteiger partial charge on any atom is 0.372 e. The van der Waals surface area contributed by atoms with Gasteiger partial charge < -0.3 is 19.3 Å². The number of hydrogen-bond acceptors (Lipinski definition) is 7. The van der Waals surface area contributed by atoms with Crippen LogP contribution in [0.2, 0.25) is 0 Å². The van der Waals surface area contributed by atoms with Crippen molar-refractivity contribution in [3.8, 4) is 0 Å². The fraction of sp³-hybridized carbons (Fsp3) is 0.212. The molecule has 2 aromatic heterocycles. The van der Waals surface area contributed by atoms with Crippen LogP contribution in [0.1, 0.15) is 31.4 Å². The number of rotatable bonds is 9. The quantitative estimate of drug-likeness (QED) is 0.216. The van der Waals surface area contributed by atoms with Crippen molar-refractivity contribution in [1.29, 1.82) is 0 Å². The van der Waals surface area contributed by atoms with Crippen LogP contribution in [-0.2, 0) is 16.4 Å². The Kier molecular flexibility index (Phi) is 8.15. The number of furan rings is 1. The van der Waals surface area contributed by atoms with Gasteiger partial charge in [-0.05, 0) is 60.7 Å². The molecule has 44 heavy (non-hydrogen) atoms. The molecule has 1 aliphatic heterocycles. The van der Waals surface area contributed by atoms with Crippen LogP contribution in [0.15, 0.2) is 99.6 Å². The molecule has 9 nitrogen and oxygen atoms in total. The minimum atomic E-state index is -4.10. The van der Waals surface area contributed by atoms with E-state index >= 15 is 0 Å². The van der Waals surface area contributed by atoms with Gasteiger partial charge in [0.25, 0.3) is 15.9 Å². The summed E-state index contributed by atoms with van der Waals surface area (Å²) in [7, 11) is -4.10. The smallest absolute Gasteiger partial charge is 0.372 e. The zero-order chi connectivity index (χ0) is 30.8. The van der Waals surface area contributed by atoms with Crippen LogP contribution >= 0.6 is 11.3 Å². The second kappa shape index (κ2) is 12.2. The van der Waals surface area contributed by atoms with E-state index in [9.17, 15) is 23.1 Å². The summed E-state index contributed by atoms with van der Waals surface area (Å²) in [5.74, 6) is -1.41. The number of carboxylic acid groups (broad SMARTS) is 1. The molecule has 1 aliphatic rings. The van der Waals surface area contributed by atoms with Gasteiger partial charge in [0.05, 0.1) is 21.1 Å². The van der Waals surface area contributed by atoms with Crippen molar-refractivity contribution >= 4 is 55.6 Å². The average molecular weight is 630 g/mol. The second-order valence-corrected chi connectivity index (χ2v) is 13.4. The van der Waals surface area contributed by atoms with Crippen LogP contribution in [0, 0.1) is 6.92 Å². The maximum atomic E-state index is 14.5. The lowest BCUT2D eigenvalue weighted by molar-refractivity contribution is 0.0663. The Balaban J connectivity index is 1.35. The summed E-state index contributed by atoms with van der Waals surface area (Å²) in [6, 6.07) is 25.3. The van der Waals surface area contributed by atoms with Crippen LogP contribution in [0.4, 0.5) is 11.4 Å². The largest absolute Gasteiger partial charge is 0.475 e. The molecule has 1 amide bonds. The number of aromatic carboxylic acids is 1. The second-order valence-electron chi connectivity index (χ2n) is 10.6. The molecule has 0 atom stereocenters. The minimum Gasteiger partial charge on any atom is -0.475 e. The molecule has 0 spiro atoms. The Morgan fingerprint density at radius 3 is 2.36 bits per heavy atom. The number of carbonyl (C=O) groups is 2. The number of sulfonamides is 1. The van der Waals surface area contributed by atoms with Gasteiger partial charge in [-0.15, -0.1) is 11.3 Å². The number of piperazine rings is 1. The topological polar surface area (TPSA) is 111 Å². The Morgan fingerprint density at radius 1 is 0.932 bits per heavy atom. The lowest BCUT2D eigenvalue weighted by Crippen LogP contribution is -2.49. The predicted molar refractivity (Wildman–Crippen MR) is 171 cm³/mol. The summed E-state index contributed by atoms with van der Waals surface area (Å²) in [5, 5.41) is 11.8. The number of aryl methyl sites for hydroxylation is 1. The van der Waals surface area contributed by atoms with Gasteiger partial charge in [-0.25, -0.2) is 13.2 Å². The molecule has 11 heteroatoms. The normalized spacial score (nSPS) is 13.8. The van der Waals surface area contributed by atoms with E-state index in [-0.39, 0.29) is 23.1 Å². The zero-order valence-electron chi connectivity index (χ0n) is 24.0. The van der Waals surface area contributed by atoms with Crippen LogP contribution in [-0.4, -0.2) is 63.0 Å². The van der Waals surface area contributed by atoms with Crippen LogP contribution in [0.3, 0.4) is 0 Å². The number of fused-ring (bicyclic) bond motifs is 1. The van der Waals surface area contributed by atoms with Crippen molar-refractivity contribution < 1.29 is 27.5 Å². The standard InChI is InChI=1S/C33H31N3O6S2/c1-23-26-22-25(13-14-29(26)42-31(23)33(38)39)44(40,41)36(16-15-24-8-3-2-4-9-24)28-11-6-5-10-27(28)34-17-19-35(20-18-34)32(37)30-12-7-21-43-30/h2-14,21-22H,15-20H2,1H3,(H,38,39). The van der Waals surface area contributed by atoms with Gasteiger partial charge in [-0.3, -0.25) is 9.10 Å². The highest BCUT2D eigenvalue weighted by Gasteiger charge is 2.31. The molecule has 6 rings (SSSR count). The predicted octanol–water partition coefficient (Wildman–Crippen LogP) is 5.90. The van der Waals surface area contributed by atoms with E-state index in [0.29, 0.717) is 59.7 Å². The molecule has 1 saturated heterocycles. The first-order chi connectivity index (χ1) is 21.2. The highest BCUT2D eigenvalue weighted by atomic mass is 32.2. The van der Waals surface area contributed by atoms with Gasteiger partial charge >= 0.3 is 5.97 Å². The lowest BCUT2D eigenvalue weighted by Gasteiger charge is -2.38. The third-order valence-electron chi connectivity index (χ3n) is 7.93. The SMILES string of the molecule is Cc1c(C(=O)O)oc2ccc(S(=O)(=O)N(CCc3ccccc3)c3ccccc3N3CCN(C(=O)c4cccs4)CC3)cc12. The maximum absolute atomic E-state index is 14.5. The highest BCUT2D eigenvalue weighted by molar-refractivity contribution is 7.92. The van der Waals surface area contributed by atoms with Crippen molar-refractivity contribution in [1.82, 2.24) is 4.90 Å². The highest BCUT2D eigenvalue weighted by Crippen LogP contribution is 2.36. The molecule has 0 aliphatic carbocycles. The lowest BCUT2D eigenvalue weighted by atomic mass is 10.1. The van der Waals surface area contributed by atoms with Crippen molar-refractivity contribution in [3.63, 3.8) is 0 Å².